The number of nitrogens with one attached hydrogen (secondary N) is 2. The fourth-order valence-electron chi connectivity index (χ4n) is 3.46. The Hall–Kier alpha value is 0.120. The van der Waals surface area contributed by atoms with Crippen LogP contribution in [0.1, 0.15) is 30.2 Å². The van der Waals surface area contributed by atoms with Gasteiger partial charge in [-0.1, -0.05) is 18.0 Å². The summed E-state index contributed by atoms with van der Waals surface area (Å²) in [5.41, 5.74) is 0. The van der Waals surface area contributed by atoms with Crippen LogP contribution < -0.4 is 10.6 Å². The van der Waals surface area contributed by atoms with E-state index in [1.165, 1.54) is 30.6 Å². The van der Waals surface area contributed by atoms with Crippen molar-refractivity contribution >= 4 is 35.3 Å². The van der Waals surface area contributed by atoms with E-state index in [4.69, 9.17) is 16.3 Å². The van der Waals surface area contributed by atoms with Crippen molar-refractivity contribution in [3.05, 3.63) is 21.3 Å². The summed E-state index contributed by atoms with van der Waals surface area (Å²) in [5.74, 6) is 0.601. The van der Waals surface area contributed by atoms with Crippen LogP contribution in [0.5, 0.6) is 0 Å². The molecule has 4 nitrogen and oxygen atoms in total. The molecule has 7 heteroatoms. The van der Waals surface area contributed by atoms with Crippen molar-refractivity contribution in [2.24, 2.45) is 5.92 Å². The Morgan fingerprint density at radius 2 is 2.32 bits per heavy atom. The molecule has 4 atom stereocenters. The number of aliphatic hydroxyl groups is 1. The molecule has 1 aromatic heterocycles. The number of hydrogen-bond donors (Lipinski definition) is 3. The van der Waals surface area contributed by atoms with Gasteiger partial charge in [0.15, 0.2) is 0 Å². The largest absolute Gasteiger partial charge is 0.386 e. The summed E-state index contributed by atoms with van der Waals surface area (Å²) in [7, 11) is 0. The molecular formula is C15H24Cl2N2O2S. The van der Waals surface area contributed by atoms with Crippen LogP contribution in [0.4, 0.5) is 0 Å². The molecular weight excluding hydrogens is 343 g/mol. The van der Waals surface area contributed by atoms with E-state index in [0.29, 0.717) is 24.5 Å². The third kappa shape index (κ3) is 4.57. The van der Waals surface area contributed by atoms with E-state index in [2.05, 4.69) is 10.6 Å². The van der Waals surface area contributed by atoms with Crippen LogP contribution in [0, 0.1) is 5.92 Å². The first-order valence-corrected chi connectivity index (χ1v) is 8.91. The monoisotopic (exact) mass is 366 g/mol. The van der Waals surface area contributed by atoms with E-state index in [-0.39, 0.29) is 12.4 Å². The quantitative estimate of drug-likeness (QED) is 0.749. The van der Waals surface area contributed by atoms with Crippen molar-refractivity contribution in [1.82, 2.24) is 10.6 Å². The van der Waals surface area contributed by atoms with E-state index < -0.39 is 6.10 Å². The number of halogens is 2. The lowest BCUT2D eigenvalue weighted by Gasteiger charge is -2.33. The van der Waals surface area contributed by atoms with Gasteiger partial charge in [-0.05, 0) is 30.9 Å². The highest BCUT2D eigenvalue weighted by molar-refractivity contribution is 7.16. The summed E-state index contributed by atoms with van der Waals surface area (Å²) in [6.07, 6.45) is 3.20. The van der Waals surface area contributed by atoms with Crippen molar-refractivity contribution in [2.45, 2.75) is 37.5 Å². The van der Waals surface area contributed by atoms with Gasteiger partial charge in [0, 0.05) is 30.1 Å². The van der Waals surface area contributed by atoms with Gasteiger partial charge in [0.05, 0.1) is 17.6 Å². The van der Waals surface area contributed by atoms with Crippen molar-refractivity contribution in [3.8, 4) is 0 Å². The first-order valence-electron chi connectivity index (χ1n) is 7.72. The highest BCUT2D eigenvalue weighted by atomic mass is 35.5. The lowest BCUT2D eigenvalue weighted by Crippen LogP contribution is -2.51. The summed E-state index contributed by atoms with van der Waals surface area (Å²) in [6.45, 7) is 3.17. The Morgan fingerprint density at radius 1 is 1.45 bits per heavy atom. The van der Waals surface area contributed by atoms with Gasteiger partial charge in [-0.25, -0.2) is 0 Å². The van der Waals surface area contributed by atoms with Crippen LogP contribution in [-0.2, 0) is 4.74 Å². The maximum Gasteiger partial charge on any atom is 0.101 e. The minimum Gasteiger partial charge on any atom is -0.386 e. The zero-order chi connectivity index (χ0) is 14.7. The predicted octanol–water partition coefficient (Wildman–Crippen LogP) is 2.60. The topological polar surface area (TPSA) is 53.5 Å². The average molecular weight is 367 g/mol. The van der Waals surface area contributed by atoms with Crippen molar-refractivity contribution in [2.75, 3.05) is 26.3 Å². The summed E-state index contributed by atoms with van der Waals surface area (Å²) in [4.78, 5) is 0.932. The van der Waals surface area contributed by atoms with E-state index in [9.17, 15) is 5.11 Å². The van der Waals surface area contributed by atoms with Crippen molar-refractivity contribution in [3.63, 3.8) is 0 Å². The molecule has 0 amide bonds. The summed E-state index contributed by atoms with van der Waals surface area (Å²) < 4.78 is 6.32. The minimum atomic E-state index is -0.473. The molecule has 2 heterocycles. The van der Waals surface area contributed by atoms with Crippen LogP contribution in [0.3, 0.4) is 0 Å². The minimum absolute atomic E-state index is 0. The molecule has 3 N–H and O–H groups in total. The number of rotatable bonds is 5. The molecule has 1 aliphatic carbocycles. The molecule has 3 rings (SSSR count). The molecule has 2 fully saturated rings. The number of hydrogen-bond acceptors (Lipinski definition) is 5. The molecule has 4 unspecified atom stereocenters. The zero-order valence-electron chi connectivity index (χ0n) is 12.5. The second-order valence-electron chi connectivity index (χ2n) is 5.90. The molecule has 1 saturated heterocycles. The van der Waals surface area contributed by atoms with E-state index in [1.54, 1.807) is 0 Å². The molecule has 0 spiro atoms. The highest BCUT2D eigenvalue weighted by Crippen LogP contribution is 2.31. The van der Waals surface area contributed by atoms with E-state index >= 15 is 0 Å². The third-order valence-electron chi connectivity index (χ3n) is 4.53. The Morgan fingerprint density at radius 3 is 3.00 bits per heavy atom. The molecule has 1 aliphatic heterocycles. The second-order valence-corrected chi connectivity index (χ2v) is 7.65. The van der Waals surface area contributed by atoms with Crippen molar-refractivity contribution in [1.29, 1.82) is 0 Å². The van der Waals surface area contributed by atoms with Gasteiger partial charge in [0.25, 0.3) is 0 Å². The van der Waals surface area contributed by atoms with Gasteiger partial charge in [-0.3, -0.25) is 0 Å². The summed E-state index contributed by atoms with van der Waals surface area (Å²) in [5, 5.41) is 17.4. The van der Waals surface area contributed by atoms with Gasteiger partial charge in [-0.2, -0.15) is 0 Å². The first kappa shape index (κ1) is 18.5. The Bertz CT molecular complexity index is 455. The number of ether oxygens (including phenoxy) is 1. The fourth-order valence-corrected chi connectivity index (χ4v) is 4.50. The molecule has 0 aromatic carbocycles. The zero-order valence-corrected chi connectivity index (χ0v) is 14.9. The molecule has 0 radical (unpaired) electrons. The smallest absolute Gasteiger partial charge is 0.101 e. The van der Waals surface area contributed by atoms with Crippen LogP contribution in [0.25, 0.3) is 0 Å². The van der Waals surface area contributed by atoms with Crippen LogP contribution in [-0.4, -0.2) is 43.5 Å². The second kappa shape index (κ2) is 8.83. The molecule has 22 heavy (non-hydrogen) atoms. The molecule has 126 valence electrons. The summed E-state index contributed by atoms with van der Waals surface area (Å²) >= 11 is 7.37. The van der Waals surface area contributed by atoms with Crippen molar-refractivity contribution < 1.29 is 9.84 Å². The molecule has 1 saturated carbocycles. The maximum atomic E-state index is 10.2. The van der Waals surface area contributed by atoms with Gasteiger partial charge >= 0.3 is 0 Å². The molecule has 2 aliphatic rings. The normalized spacial score (nSPS) is 30.0. The predicted molar refractivity (Wildman–Crippen MR) is 93.3 cm³/mol. The molecule has 1 aromatic rings. The lowest BCUT2D eigenvalue weighted by molar-refractivity contribution is 0.0513. The average Bonchev–Trinajstić information content (AvgIpc) is 3.14. The van der Waals surface area contributed by atoms with Gasteiger partial charge < -0.3 is 20.5 Å². The lowest BCUT2D eigenvalue weighted by atomic mass is 9.94. The highest BCUT2D eigenvalue weighted by Gasteiger charge is 2.34. The van der Waals surface area contributed by atoms with Crippen LogP contribution in [0.2, 0.25) is 4.34 Å². The van der Waals surface area contributed by atoms with Crippen LogP contribution >= 0.6 is 35.3 Å². The number of aliphatic hydroxyl groups excluding tert-OH is 1. The molecule has 0 bridgehead atoms. The maximum absolute atomic E-state index is 10.2. The Kier molecular flexibility index (Phi) is 7.41. The summed E-state index contributed by atoms with van der Waals surface area (Å²) in [6, 6.07) is 4.66. The van der Waals surface area contributed by atoms with E-state index in [0.717, 1.165) is 29.0 Å². The van der Waals surface area contributed by atoms with E-state index in [1.807, 2.05) is 12.1 Å². The van der Waals surface area contributed by atoms with Gasteiger partial charge in [0.1, 0.15) is 6.10 Å². The first-order chi connectivity index (χ1) is 10.2. The number of thiophene rings is 1. The van der Waals surface area contributed by atoms with Gasteiger partial charge in [0.2, 0.25) is 0 Å². The standard InChI is InChI=1S/C15H23ClN2O2S.ClH/c16-15-5-4-14(21-15)13(19)8-18-11-3-1-2-10(11)12-9-20-7-6-17-12;/h4-5,10-13,17-19H,1-3,6-9H2;1H. The Labute approximate surface area is 147 Å². The number of morpholine rings is 1. The van der Waals surface area contributed by atoms with Crippen LogP contribution in [0.15, 0.2) is 12.1 Å². The Balaban J connectivity index is 0.00000176. The third-order valence-corrected chi connectivity index (χ3v) is 5.86. The van der Waals surface area contributed by atoms with Gasteiger partial charge in [-0.15, -0.1) is 23.7 Å². The fraction of sp³-hybridized carbons (Fsp3) is 0.733. The SMILES string of the molecule is Cl.OC(CNC1CCCC1C1COCCN1)c1ccc(Cl)s1.